The number of aromatic nitrogens is 1. The number of carbonyl (C=O) groups excluding carboxylic acids is 1. The number of rotatable bonds is 5. The quantitative estimate of drug-likeness (QED) is 0.524. The molecule has 3 aromatic rings. The van der Waals surface area contributed by atoms with E-state index >= 15 is 0 Å². The summed E-state index contributed by atoms with van der Waals surface area (Å²) in [6, 6.07) is 8.60. The van der Waals surface area contributed by atoms with Crippen LogP contribution in [-0.2, 0) is 6.54 Å². The van der Waals surface area contributed by atoms with Gasteiger partial charge in [0.25, 0.3) is 0 Å². The van der Waals surface area contributed by atoms with E-state index in [1.807, 2.05) is 32.9 Å². The number of hydrogen-bond donors (Lipinski definition) is 0. The van der Waals surface area contributed by atoms with Gasteiger partial charge in [-0.15, -0.1) is 0 Å². The van der Waals surface area contributed by atoms with Crippen molar-refractivity contribution >= 4 is 16.8 Å². The maximum Gasteiger partial charge on any atom is 0.336 e. The lowest BCUT2D eigenvalue weighted by molar-refractivity contribution is 0.0921. The third-order valence-electron chi connectivity index (χ3n) is 4.48. The van der Waals surface area contributed by atoms with Crippen LogP contribution in [0.1, 0.15) is 34.2 Å². The molecule has 2 aromatic heterocycles. The van der Waals surface area contributed by atoms with Gasteiger partial charge in [0.15, 0.2) is 6.61 Å². The van der Waals surface area contributed by atoms with Crippen molar-refractivity contribution in [2.45, 2.75) is 34.2 Å². The second kappa shape index (κ2) is 6.59. The molecule has 5 nitrogen and oxygen atoms in total. The second-order valence-corrected chi connectivity index (χ2v) is 6.15. The average molecular weight is 339 g/mol. The van der Waals surface area contributed by atoms with Gasteiger partial charge in [0, 0.05) is 41.0 Å². The van der Waals surface area contributed by atoms with Gasteiger partial charge in [0.05, 0.1) is 0 Å². The number of benzene rings is 1. The molecule has 0 atom stereocenters. The number of nitrogens with zero attached hydrogens (tertiary/aromatic N) is 1. The van der Waals surface area contributed by atoms with Crippen LogP contribution in [0.25, 0.3) is 11.0 Å². The Morgan fingerprint density at radius 1 is 1.16 bits per heavy atom. The summed E-state index contributed by atoms with van der Waals surface area (Å²) in [5.41, 5.74) is 3.60. The minimum atomic E-state index is -0.398. The summed E-state index contributed by atoms with van der Waals surface area (Å²) >= 11 is 0. The molecule has 0 aliphatic carbocycles. The summed E-state index contributed by atoms with van der Waals surface area (Å²) in [6.07, 6.45) is 0. The highest BCUT2D eigenvalue weighted by molar-refractivity contribution is 5.98. The van der Waals surface area contributed by atoms with Gasteiger partial charge in [-0.05, 0) is 51.5 Å². The molecule has 25 heavy (non-hydrogen) atoms. The summed E-state index contributed by atoms with van der Waals surface area (Å²) in [7, 11) is 0. The highest BCUT2D eigenvalue weighted by atomic mass is 16.5. The van der Waals surface area contributed by atoms with Gasteiger partial charge in [0.1, 0.15) is 11.3 Å². The van der Waals surface area contributed by atoms with Crippen molar-refractivity contribution in [3.05, 3.63) is 63.3 Å². The fraction of sp³-hybridized carbons (Fsp3) is 0.300. The lowest BCUT2D eigenvalue weighted by Crippen LogP contribution is -2.13. The van der Waals surface area contributed by atoms with E-state index in [0.29, 0.717) is 16.9 Å². The minimum Gasteiger partial charge on any atom is -0.485 e. The van der Waals surface area contributed by atoms with E-state index in [2.05, 4.69) is 11.5 Å². The Labute approximate surface area is 145 Å². The van der Waals surface area contributed by atoms with E-state index in [1.165, 1.54) is 6.07 Å². The first-order valence-corrected chi connectivity index (χ1v) is 8.28. The van der Waals surface area contributed by atoms with E-state index in [9.17, 15) is 9.59 Å². The fourth-order valence-electron chi connectivity index (χ4n) is 3.19. The van der Waals surface area contributed by atoms with Crippen molar-refractivity contribution in [3.63, 3.8) is 0 Å². The maximum atomic E-state index is 12.5. The molecule has 0 radical (unpaired) electrons. The third kappa shape index (κ3) is 3.22. The van der Waals surface area contributed by atoms with Crippen LogP contribution < -0.4 is 10.4 Å². The number of ether oxygens (including phenoxy) is 1. The van der Waals surface area contributed by atoms with Gasteiger partial charge in [-0.2, -0.15) is 0 Å². The monoisotopic (exact) mass is 339 g/mol. The first-order chi connectivity index (χ1) is 11.9. The van der Waals surface area contributed by atoms with Crippen molar-refractivity contribution in [1.29, 1.82) is 0 Å². The Morgan fingerprint density at radius 2 is 1.92 bits per heavy atom. The first kappa shape index (κ1) is 17.0. The SMILES string of the molecule is CCn1c(C)cc(C(=O)COc2ccc3c(C)cc(=O)oc3c2)c1C. The van der Waals surface area contributed by atoms with Crippen LogP contribution in [0.5, 0.6) is 5.75 Å². The predicted molar refractivity (Wildman–Crippen MR) is 96.6 cm³/mol. The average Bonchev–Trinajstić information content (AvgIpc) is 2.86. The fourth-order valence-corrected chi connectivity index (χ4v) is 3.19. The molecule has 0 fully saturated rings. The summed E-state index contributed by atoms with van der Waals surface area (Å²) < 4.78 is 12.9. The highest BCUT2D eigenvalue weighted by Crippen LogP contribution is 2.23. The van der Waals surface area contributed by atoms with E-state index in [4.69, 9.17) is 9.15 Å². The summed E-state index contributed by atoms with van der Waals surface area (Å²) in [5, 5.41) is 0.852. The summed E-state index contributed by atoms with van der Waals surface area (Å²) in [5.74, 6) is 0.428. The number of Topliss-reactive ketones (excluding diaryl/α,β-unsaturated/α-hetero) is 1. The van der Waals surface area contributed by atoms with E-state index in [1.54, 1.807) is 12.1 Å². The zero-order chi connectivity index (χ0) is 18.1. The molecular weight excluding hydrogens is 318 g/mol. The normalized spacial score (nSPS) is 11.0. The molecule has 0 aliphatic rings. The third-order valence-corrected chi connectivity index (χ3v) is 4.48. The van der Waals surface area contributed by atoms with Gasteiger partial charge in [-0.3, -0.25) is 4.79 Å². The Balaban J connectivity index is 1.80. The van der Waals surface area contributed by atoms with Crippen molar-refractivity contribution in [1.82, 2.24) is 4.57 Å². The number of ketones is 1. The zero-order valence-corrected chi connectivity index (χ0v) is 14.9. The van der Waals surface area contributed by atoms with E-state index < -0.39 is 5.63 Å². The van der Waals surface area contributed by atoms with Crippen molar-refractivity contribution in [2.75, 3.05) is 6.61 Å². The molecule has 0 amide bonds. The van der Waals surface area contributed by atoms with Gasteiger partial charge >= 0.3 is 5.63 Å². The van der Waals surface area contributed by atoms with Crippen LogP contribution in [0.3, 0.4) is 0 Å². The molecule has 2 heterocycles. The minimum absolute atomic E-state index is 0.0600. The standard InChI is InChI=1S/C20H21NO4/c1-5-21-13(3)9-17(14(21)4)18(22)11-24-15-6-7-16-12(2)8-20(23)25-19(16)10-15/h6-10H,5,11H2,1-4H3. The van der Waals surface area contributed by atoms with Gasteiger partial charge < -0.3 is 13.7 Å². The molecule has 0 spiro atoms. The van der Waals surface area contributed by atoms with Crippen molar-refractivity contribution in [2.24, 2.45) is 0 Å². The molecule has 5 heteroatoms. The molecule has 0 saturated carbocycles. The van der Waals surface area contributed by atoms with Gasteiger partial charge in [0.2, 0.25) is 5.78 Å². The van der Waals surface area contributed by atoms with Crippen LogP contribution in [0.4, 0.5) is 0 Å². The zero-order valence-electron chi connectivity index (χ0n) is 14.9. The van der Waals surface area contributed by atoms with Crippen LogP contribution in [0.15, 0.2) is 39.5 Å². The largest absolute Gasteiger partial charge is 0.485 e. The molecular formula is C20H21NO4. The van der Waals surface area contributed by atoms with E-state index in [-0.39, 0.29) is 12.4 Å². The topological polar surface area (TPSA) is 61.4 Å². The summed E-state index contributed by atoms with van der Waals surface area (Å²) in [4.78, 5) is 24.0. The molecule has 1 aromatic carbocycles. The smallest absolute Gasteiger partial charge is 0.336 e. The highest BCUT2D eigenvalue weighted by Gasteiger charge is 2.15. The number of fused-ring (bicyclic) bond motifs is 1. The summed E-state index contributed by atoms with van der Waals surface area (Å²) in [6.45, 7) is 8.60. The molecule has 0 saturated heterocycles. The van der Waals surface area contributed by atoms with E-state index in [0.717, 1.165) is 28.9 Å². The molecule has 130 valence electrons. The van der Waals surface area contributed by atoms with Crippen molar-refractivity contribution < 1.29 is 13.9 Å². The van der Waals surface area contributed by atoms with Crippen LogP contribution in [0.2, 0.25) is 0 Å². The van der Waals surface area contributed by atoms with Gasteiger partial charge in [-0.1, -0.05) is 0 Å². The Kier molecular flexibility index (Phi) is 4.49. The number of hydrogen-bond acceptors (Lipinski definition) is 4. The van der Waals surface area contributed by atoms with Crippen LogP contribution >= 0.6 is 0 Å². The molecule has 0 N–H and O–H groups in total. The molecule has 3 rings (SSSR count). The Morgan fingerprint density at radius 3 is 2.60 bits per heavy atom. The van der Waals surface area contributed by atoms with Gasteiger partial charge in [-0.25, -0.2) is 4.79 Å². The number of aryl methyl sites for hydroxylation is 2. The lowest BCUT2D eigenvalue weighted by atomic mass is 10.1. The number of carbonyl (C=O) groups is 1. The maximum absolute atomic E-state index is 12.5. The molecule has 0 aliphatic heterocycles. The predicted octanol–water partition coefficient (Wildman–Crippen LogP) is 3.80. The van der Waals surface area contributed by atoms with Crippen LogP contribution in [0, 0.1) is 20.8 Å². The molecule has 0 unspecified atom stereocenters. The second-order valence-electron chi connectivity index (χ2n) is 6.15. The Hall–Kier alpha value is -2.82. The molecule has 0 bridgehead atoms. The van der Waals surface area contributed by atoms with Crippen LogP contribution in [-0.4, -0.2) is 17.0 Å². The lowest BCUT2D eigenvalue weighted by Gasteiger charge is -2.08. The van der Waals surface area contributed by atoms with Crippen molar-refractivity contribution in [3.8, 4) is 5.75 Å². The Bertz CT molecular complexity index is 1010. The first-order valence-electron chi connectivity index (χ1n) is 8.28.